The summed E-state index contributed by atoms with van der Waals surface area (Å²) in [5, 5.41) is 10.0. The van der Waals surface area contributed by atoms with Gasteiger partial charge in [-0.2, -0.15) is 0 Å². The van der Waals surface area contributed by atoms with Gasteiger partial charge in [-0.05, 0) is 51.2 Å². The van der Waals surface area contributed by atoms with E-state index in [0.717, 1.165) is 38.0 Å². The van der Waals surface area contributed by atoms with E-state index in [4.69, 9.17) is 0 Å². The Morgan fingerprint density at radius 3 is 2.44 bits per heavy atom. The Hall–Kier alpha value is -1.09. The highest BCUT2D eigenvalue weighted by Crippen LogP contribution is 2.29. The van der Waals surface area contributed by atoms with Gasteiger partial charge in [0.05, 0.1) is 17.5 Å². The second kappa shape index (κ2) is 5.27. The number of hydrogen-bond donors (Lipinski definition) is 1. The van der Waals surface area contributed by atoms with E-state index in [1.807, 2.05) is 20.0 Å². The zero-order chi connectivity index (χ0) is 13.2. The van der Waals surface area contributed by atoms with Gasteiger partial charge in [-0.1, -0.05) is 6.92 Å². The molecule has 1 saturated heterocycles. The fraction of sp³-hybridized carbons (Fsp3) is 0.667. The van der Waals surface area contributed by atoms with Gasteiger partial charge in [-0.3, -0.25) is 4.98 Å². The number of aliphatic hydroxyl groups is 1. The first-order valence-corrected chi connectivity index (χ1v) is 6.93. The predicted molar refractivity (Wildman–Crippen MR) is 74.8 cm³/mol. The van der Waals surface area contributed by atoms with Crippen LogP contribution in [0.5, 0.6) is 0 Å². The van der Waals surface area contributed by atoms with Crippen LogP contribution in [0.25, 0.3) is 0 Å². The van der Waals surface area contributed by atoms with Crippen molar-refractivity contribution in [3.63, 3.8) is 0 Å². The molecule has 3 nitrogen and oxygen atoms in total. The van der Waals surface area contributed by atoms with Crippen LogP contribution in [-0.2, 0) is 6.42 Å². The summed E-state index contributed by atoms with van der Waals surface area (Å²) >= 11 is 0. The molecule has 1 aliphatic rings. The molecule has 0 aromatic carbocycles. The van der Waals surface area contributed by atoms with Crippen LogP contribution in [0.1, 0.15) is 39.3 Å². The number of aryl methyl sites for hydroxylation is 1. The lowest BCUT2D eigenvalue weighted by atomic mass is 9.83. The van der Waals surface area contributed by atoms with E-state index in [-0.39, 0.29) is 0 Å². The Balaban J connectivity index is 1.96. The number of anilines is 1. The van der Waals surface area contributed by atoms with E-state index >= 15 is 0 Å². The lowest BCUT2D eigenvalue weighted by Crippen LogP contribution is -2.41. The van der Waals surface area contributed by atoms with Crippen LogP contribution in [-0.4, -0.2) is 28.8 Å². The van der Waals surface area contributed by atoms with Crippen molar-refractivity contribution in [2.24, 2.45) is 5.92 Å². The first kappa shape index (κ1) is 13.3. The van der Waals surface area contributed by atoms with Gasteiger partial charge in [0.15, 0.2) is 0 Å². The van der Waals surface area contributed by atoms with Gasteiger partial charge in [0.2, 0.25) is 0 Å². The van der Waals surface area contributed by atoms with E-state index in [1.54, 1.807) is 0 Å². The standard InChI is InChI=1S/C15H24N2O/c1-4-13-5-6-14(11-16-13)17-9-7-12(8-10-17)15(2,3)18/h5-6,11-12,18H,4,7-10H2,1-3H3. The zero-order valence-corrected chi connectivity index (χ0v) is 11.7. The van der Waals surface area contributed by atoms with Crippen molar-refractivity contribution in [1.82, 2.24) is 4.98 Å². The van der Waals surface area contributed by atoms with E-state index in [1.165, 1.54) is 5.69 Å². The fourth-order valence-corrected chi connectivity index (χ4v) is 2.66. The first-order chi connectivity index (χ1) is 8.50. The molecule has 0 aliphatic carbocycles. The Kier molecular flexibility index (Phi) is 3.91. The van der Waals surface area contributed by atoms with Gasteiger partial charge >= 0.3 is 0 Å². The van der Waals surface area contributed by atoms with Gasteiger partial charge in [0, 0.05) is 18.8 Å². The molecule has 2 rings (SSSR count). The number of piperidine rings is 1. The third-order valence-electron chi connectivity index (χ3n) is 4.03. The maximum absolute atomic E-state index is 10.0. The van der Waals surface area contributed by atoms with Crippen molar-refractivity contribution < 1.29 is 5.11 Å². The molecular formula is C15H24N2O. The minimum Gasteiger partial charge on any atom is -0.390 e. The molecule has 18 heavy (non-hydrogen) atoms. The highest BCUT2D eigenvalue weighted by Gasteiger charge is 2.30. The second-order valence-corrected chi connectivity index (χ2v) is 5.78. The lowest BCUT2D eigenvalue weighted by molar-refractivity contribution is 0.00651. The minimum atomic E-state index is -0.545. The average molecular weight is 248 g/mol. The molecule has 1 N–H and O–H groups in total. The number of aromatic nitrogens is 1. The summed E-state index contributed by atoms with van der Waals surface area (Å²) in [6.07, 6.45) is 5.07. The first-order valence-electron chi connectivity index (χ1n) is 6.93. The zero-order valence-electron chi connectivity index (χ0n) is 11.7. The molecule has 1 aromatic heterocycles. The molecule has 0 spiro atoms. The van der Waals surface area contributed by atoms with Crippen LogP contribution >= 0.6 is 0 Å². The smallest absolute Gasteiger partial charge is 0.0621 e. The Morgan fingerprint density at radius 2 is 2.00 bits per heavy atom. The van der Waals surface area contributed by atoms with Gasteiger partial charge < -0.3 is 10.0 Å². The molecule has 1 aromatic rings. The summed E-state index contributed by atoms with van der Waals surface area (Å²) in [6, 6.07) is 4.27. The van der Waals surface area contributed by atoms with Crippen LogP contribution in [0.3, 0.4) is 0 Å². The molecule has 0 unspecified atom stereocenters. The predicted octanol–water partition coefficient (Wildman–Crippen LogP) is 2.63. The summed E-state index contributed by atoms with van der Waals surface area (Å²) in [7, 11) is 0. The Morgan fingerprint density at radius 1 is 1.33 bits per heavy atom. The summed E-state index contributed by atoms with van der Waals surface area (Å²) in [5.41, 5.74) is 1.81. The molecule has 0 amide bonds. The fourth-order valence-electron chi connectivity index (χ4n) is 2.66. The molecule has 1 fully saturated rings. The average Bonchev–Trinajstić information content (AvgIpc) is 2.38. The van der Waals surface area contributed by atoms with Crippen LogP contribution in [0, 0.1) is 5.92 Å². The number of nitrogens with zero attached hydrogens (tertiary/aromatic N) is 2. The van der Waals surface area contributed by atoms with E-state index in [9.17, 15) is 5.11 Å². The van der Waals surface area contributed by atoms with Crippen molar-refractivity contribution in [3.8, 4) is 0 Å². The Bertz CT molecular complexity index is 372. The molecule has 100 valence electrons. The topological polar surface area (TPSA) is 36.4 Å². The molecule has 1 aliphatic heterocycles. The van der Waals surface area contributed by atoms with Crippen LogP contribution in [0.15, 0.2) is 18.3 Å². The number of pyridine rings is 1. The molecule has 3 heteroatoms. The third kappa shape index (κ3) is 3.02. The highest BCUT2D eigenvalue weighted by molar-refractivity contribution is 5.45. The lowest BCUT2D eigenvalue weighted by Gasteiger charge is -2.38. The van der Waals surface area contributed by atoms with Crippen molar-refractivity contribution in [2.45, 2.75) is 45.6 Å². The van der Waals surface area contributed by atoms with Gasteiger partial charge in [-0.25, -0.2) is 0 Å². The van der Waals surface area contributed by atoms with Crippen molar-refractivity contribution in [1.29, 1.82) is 0 Å². The van der Waals surface area contributed by atoms with Crippen molar-refractivity contribution in [2.75, 3.05) is 18.0 Å². The quantitative estimate of drug-likeness (QED) is 0.893. The monoisotopic (exact) mass is 248 g/mol. The summed E-state index contributed by atoms with van der Waals surface area (Å²) in [5.74, 6) is 0.414. The number of hydrogen-bond acceptors (Lipinski definition) is 3. The molecule has 0 radical (unpaired) electrons. The third-order valence-corrected chi connectivity index (χ3v) is 4.03. The van der Waals surface area contributed by atoms with E-state index in [0.29, 0.717) is 5.92 Å². The second-order valence-electron chi connectivity index (χ2n) is 5.78. The van der Waals surface area contributed by atoms with Gasteiger partial charge in [-0.15, -0.1) is 0 Å². The van der Waals surface area contributed by atoms with Crippen LogP contribution < -0.4 is 4.90 Å². The molecule has 0 saturated carbocycles. The largest absolute Gasteiger partial charge is 0.390 e. The molecule has 2 heterocycles. The molecule has 0 atom stereocenters. The molecule has 0 bridgehead atoms. The van der Waals surface area contributed by atoms with Crippen LogP contribution in [0.4, 0.5) is 5.69 Å². The summed E-state index contributed by atoms with van der Waals surface area (Å²) in [6.45, 7) is 8.00. The van der Waals surface area contributed by atoms with E-state index < -0.39 is 5.60 Å². The Labute approximate surface area is 110 Å². The number of rotatable bonds is 3. The van der Waals surface area contributed by atoms with Gasteiger partial charge in [0.1, 0.15) is 0 Å². The SMILES string of the molecule is CCc1ccc(N2CCC(C(C)(C)O)CC2)cn1. The van der Waals surface area contributed by atoms with Crippen molar-refractivity contribution >= 4 is 5.69 Å². The highest BCUT2D eigenvalue weighted by atomic mass is 16.3. The molecular weight excluding hydrogens is 224 g/mol. The maximum Gasteiger partial charge on any atom is 0.0621 e. The van der Waals surface area contributed by atoms with Gasteiger partial charge in [0.25, 0.3) is 0 Å². The van der Waals surface area contributed by atoms with Crippen molar-refractivity contribution in [3.05, 3.63) is 24.0 Å². The summed E-state index contributed by atoms with van der Waals surface area (Å²) < 4.78 is 0. The van der Waals surface area contributed by atoms with E-state index in [2.05, 4.69) is 28.9 Å². The van der Waals surface area contributed by atoms with Crippen LogP contribution in [0.2, 0.25) is 0 Å². The maximum atomic E-state index is 10.0. The summed E-state index contributed by atoms with van der Waals surface area (Å²) in [4.78, 5) is 6.82. The minimum absolute atomic E-state index is 0.414. The normalized spacial score (nSPS) is 18.1.